The third-order valence-electron chi connectivity index (χ3n) is 3.54. The maximum Gasteiger partial charge on any atom is 0.272 e. The summed E-state index contributed by atoms with van der Waals surface area (Å²) >= 11 is 0. The van der Waals surface area contributed by atoms with Crippen LogP contribution < -0.4 is 5.32 Å². The number of anilines is 1. The molecule has 0 unspecified atom stereocenters. The van der Waals surface area contributed by atoms with E-state index in [1.807, 2.05) is 0 Å². The maximum atomic E-state index is 12.3. The highest BCUT2D eigenvalue weighted by Gasteiger charge is 2.24. The van der Waals surface area contributed by atoms with Gasteiger partial charge >= 0.3 is 0 Å². The molecule has 2 heterocycles. The molecule has 7 heteroatoms. The van der Waals surface area contributed by atoms with Crippen molar-refractivity contribution in [2.24, 2.45) is 0 Å². The number of nitrogens with zero attached hydrogens (tertiary/aromatic N) is 4. The fraction of sp³-hybridized carbons (Fsp3) is 0.538. The van der Waals surface area contributed by atoms with Gasteiger partial charge in [0.15, 0.2) is 0 Å². The molecule has 1 saturated heterocycles. The molecule has 0 spiro atoms. The monoisotopic (exact) mass is 275 g/mol. The van der Waals surface area contributed by atoms with Crippen molar-refractivity contribution < 1.29 is 9.59 Å². The fourth-order valence-corrected chi connectivity index (χ4v) is 2.15. The van der Waals surface area contributed by atoms with Crippen molar-refractivity contribution in [2.75, 3.05) is 31.5 Å². The van der Waals surface area contributed by atoms with Gasteiger partial charge in [-0.15, -0.1) is 0 Å². The van der Waals surface area contributed by atoms with E-state index in [0.717, 1.165) is 19.3 Å². The predicted molar refractivity (Wildman–Crippen MR) is 72.2 cm³/mol. The van der Waals surface area contributed by atoms with Crippen LogP contribution >= 0.6 is 0 Å². The quantitative estimate of drug-likeness (QED) is 0.780. The first-order chi connectivity index (χ1) is 9.76. The van der Waals surface area contributed by atoms with Gasteiger partial charge in [-0.3, -0.25) is 9.59 Å². The van der Waals surface area contributed by atoms with Gasteiger partial charge < -0.3 is 15.1 Å². The number of carbonyl (C=O) groups is 2. The van der Waals surface area contributed by atoms with E-state index < -0.39 is 0 Å². The van der Waals surface area contributed by atoms with Crippen molar-refractivity contribution in [3.63, 3.8) is 0 Å². The molecule has 1 aromatic heterocycles. The third kappa shape index (κ3) is 2.87. The van der Waals surface area contributed by atoms with Gasteiger partial charge in [-0.25, -0.2) is 9.97 Å². The number of piperazine rings is 1. The lowest BCUT2D eigenvalue weighted by Gasteiger charge is -2.32. The molecule has 1 aliphatic carbocycles. The molecule has 1 N–H and O–H groups in total. The van der Waals surface area contributed by atoms with E-state index in [9.17, 15) is 9.59 Å². The summed E-state index contributed by atoms with van der Waals surface area (Å²) in [5.41, 5.74) is 0.405. The average molecular weight is 275 g/mol. The lowest BCUT2D eigenvalue weighted by molar-refractivity contribution is -0.119. The minimum absolute atomic E-state index is 0.100. The highest BCUT2D eigenvalue weighted by Crippen LogP contribution is 2.22. The second kappa shape index (κ2) is 5.44. The van der Waals surface area contributed by atoms with E-state index in [1.165, 1.54) is 0 Å². The Morgan fingerprint density at radius 1 is 1.30 bits per heavy atom. The van der Waals surface area contributed by atoms with Gasteiger partial charge in [0.25, 0.3) is 5.91 Å². The van der Waals surface area contributed by atoms with Gasteiger partial charge in [-0.1, -0.05) is 0 Å². The van der Waals surface area contributed by atoms with E-state index in [0.29, 0.717) is 43.9 Å². The van der Waals surface area contributed by atoms with Crippen molar-refractivity contribution in [3.8, 4) is 0 Å². The van der Waals surface area contributed by atoms with Gasteiger partial charge in [0, 0.05) is 38.4 Å². The van der Waals surface area contributed by atoms with Crippen LogP contribution in [0.2, 0.25) is 0 Å². The molecule has 2 fully saturated rings. The fourth-order valence-electron chi connectivity index (χ4n) is 2.15. The second-order valence-corrected chi connectivity index (χ2v) is 5.12. The van der Waals surface area contributed by atoms with Crippen molar-refractivity contribution in [2.45, 2.75) is 18.9 Å². The number of aromatic nitrogens is 2. The molecule has 0 bridgehead atoms. The topological polar surface area (TPSA) is 78.4 Å². The van der Waals surface area contributed by atoms with Gasteiger partial charge in [0.05, 0.1) is 0 Å². The number of rotatable bonds is 4. The second-order valence-electron chi connectivity index (χ2n) is 5.12. The Hall–Kier alpha value is -2.18. The van der Waals surface area contributed by atoms with Gasteiger partial charge in [-0.05, 0) is 18.9 Å². The summed E-state index contributed by atoms with van der Waals surface area (Å²) in [6, 6.07) is 2.09. The number of hydrogen-bond donors (Lipinski definition) is 1. The van der Waals surface area contributed by atoms with E-state index in [2.05, 4.69) is 15.3 Å². The van der Waals surface area contributed by atoms with Crippen molar-refractivity contribution in [3.05, 3.63) is 18.0 Å². The van der Waals surface area contributed by atoms with Gasteiger partial charge in [0.2, 0.25) is 12.4 Å². The molecular weight excluding hydrogens is 258 g/mol. The minimum Gasteiger partial charge on any atom is -0.351 e. The smallest absolute Gasteiger partial charge is 0.272 e. The summed E-state index contributed by atoms with van der Waals surface area (Å²) < 4.78 is 0. The number of hydrogen-bond acceptors (Lipinski definition) is 5. The molecule has 1 saturated carbocycles. The zero-order valence-corrected chi connectivity index (χ0v) is 11.2. The molecule has 0 radical (unpaired) electrons. The van der Waals surface area contributed by atoms with E-state index in [1.54, 1.807) is 22.1 Å². The molecule has 0 aromatic carbocycles. The standard InChI is InChI=1S/C13H17N5O2/c19-9-17-5-7-18(8-6-17)12(20)11-3-4-14-13(16-11)15-10-1-2-10/h3-4,9-10H,1-2,5-8H2,(H,14,15,16). The Bertz CT molecular complexity index is 509. The molecule has 0 atom stereocenters. The first-order valence-corrected chi connectivity index (χ1v) is 6.84. The van der Waals surface area contributed by atoms with Crippen LogP contribution in [0, 0.1) is 0 Å². The number of nitrogens with one attached hydrogen (secondary N) is 1. The summed E-state index contributed by atoms with van der Waals surface area (Å²) in [4.78, 5) is 34.8. The van der Waals surface area contributed by atoms with E-state index in [4.69, 9.17) is 0 Å². The van der Waals surface area contributed by atoms with Crippen molar-refractivity contribution in [1.29, 1.82) is 0 Å². The molecule has 1 aliphatic heterocycles. The van der Waals surface area contributed by atoms with Crippen LogP contribution in [0.4, 0.5) is 5.95 Å². The Balaban J connectivity index is 1.65. The molecule has 2 aliphatic rings. The molecule has 3 rings (SSSR count). The SMILES string of the molecule is O=CN1CCN(C(=O)c2ccnc(NC3CC3)n2)CC1. The van der Waals surface area contributed by atoms with Crippen LogP contribution in [0.3, 0.4) is 0 Å². The van der Waals surface area contributed by atoms with Gasteiger partial charge in [-0.2, -0.15) is 0 Å². The van der Waals surface area contributed by atoms with Crippen LogP contribution in [0.25, 0.3) is 0 Å². The van der Waals surface area contributed by atoms with Crippen molar-refractivity contribution in [1.82, 2.24) is 19.8 Å². The van der Waals surface area contributed by atoms with Crippen LogP contribution in [0.15, 0.2) is 12.3 Å². The molecule has 7 nitrogen and oxygen atoms in total. The first-order valence-electron chi connectivity index (χ1n) is 6.84. The Labute approximate surface area is 117 Å². The largest absolute Gasteiger partial charge is 0.351 e. The Kier molecular flexibility index (Phi) is 3.49. The highest BCUT2D eigenvalue weighted by atomic mass is 16.2. The summed E-state index contributed by atoms with van der Waals surface area (Å²) in [7, 11) is 0. The third-order valence-corrected chi connectivity index (χ3v) is 3.54. The van der Waals surface area contributed by atoms with Gasteiger partial charge in [0.1, 0.15) is 5.69 Å². The number of amides is 2. The minimum atomic E-state index is -0.100. The normalized spacial score (nSPS) is 18.8. The molecule has 20 heavy (non-hydrogen) atoms. The maximum absolute atomic E-state index is 12.3. The zero-order valence-electron chi connectivity index (χ0n) is 11.2. The predicted octanol–water partition coefficient (Wildman–Crippen LogP) is -0.0349. The molecular formula is C13H17N5O2. The highest BCUT2D eigenvalue weighted by molar-refractivity contribution is 5.92. The molecule has 2 amide bonds. The summed E-state index contributed by atoms with van der Waals surface area (Å²) in [5.74, 6) is 0.418. The van der Waals surface area contributed by atoms with Crippen LogP contribution in [-0.4, -0.2) is 64.3 Å². The lowest BCUT2D eigenvalue weighted by atomic mass is 10.3. The Morgan fingerprint density at radius 3 is 2.70 bits per heavy atom. The van der Waals surface area contributed by atoms with Crippen LogP contribution in [-0.2, 0) is 4.79 Å². The van der Waals surface area contributed by atoms with Crippen LogP contribution in [0.1, 0.15) is 23.3 Å². The summed E-state index contributed by atoms with van der Waals surface area (Å²) in [6.45, 7) is 2.25. The zero-order chi connectivity index (χ0) is 13.9. The molecule has 106 valence electrons. The molecule has 1 aromatic rings. The lowest BCUT2D eigenvalue weighted by Crippen LogP contribution is -2.48. The summed E-state index contributed by atoms with van der Waals surface area (Å²) in [5, 5.41) is 3.18. The van der Waals surface area contributed by atoms with Crippen molar-refractivity contribution >= 4 is 18.3 Å². The van der Waals surface area contributed by atoms with E-state index >= 15 is 0 Å². The summed E-state index contributed by atoms with van der Waals surface area (Å²) in [6.07, 6.45) is 4.70. The Morgan fingerprint density at radius 2 is 2.05 bits per heavy atom. The first kappa shape index (κ1) is 12.8. The average Bonchev–Trinajstić information content (AvgIpc) is 3.31. The number of carbonyl (C=O) groups excluding carboxylic acids is 2. The van der Waals surface area contributed by atoms with Crippen LogP contribution in [0.5, 0.6) is 0 Å². The van der Waals surface area contributed by atoms with E-state index in [-0.39, 0.29) is 5.91 Å².